The van der Waals surface area contributed by atoms with Gasteiger partial charge in [0.15, 0.2) is 0 Å². The fraction of sp³-hybridized carbons (Fsp3) is 0.286. The Morgan fingerprint density at radius 1 is 1.21 bits per heavy atom. The number of furan rings is 1. The monoisotopic (exact) mass is 361 g/mol. The zero-order valence-electron chi connectivity index (χ0n) is 10.6. The van der Waals surface area contributed by atoms with Crippen LogP contribution in [0.3, 0.4) is 0 Å². The molecule has 2 nitrogen and oxygen atoms in total. The summed E-state index contributed by atoms with van der Waals surface area (Å²) in [6.45, 7) is 4.86. The SMILES string of the molecule is CC(C)NCc1ccc(-c2c(Cl)cc(Br)cc2Cl)o1. The highest BCUT2D eigenvalue weighted by Gasteiger charge is 2.14. The number of hydrogen-bond acceptors (Lipinski definition) is 2. The molecule has 0 atom stereocenters. The second-order valence-corrected chi connectivity index (χ2v) is 6.28. The van der Waals surface area contributed by atoms with Gasteiger partial charge in [0.1, 0.15) is 11.5 Å². The minimum Gasteiger partial charge on any atom is -0.460 e. The van der Waals surface area contributed by atoms with Crippen molar-refractivity contribution in [3.8, 4) is 11.3 Å². The highest BCUT2D eigenvalue weighted by molar-refractivity contribution is 9.10. The van der Waals surface area contributed by atoms with Gasteiger partial charge in [0, 0.05) is 10.5 Å². The van der Waals surface area contributed by atoms with E-state index in [0.29, 0.717) is 28.4 Å². The first-order valence-electron chi connectivity index (χ1n) is 5.94. The second-order valence-electron chi connectivity index (χ2n) is 4.55. The van der Waals surface area contributed by atoms with E-state index in [-0.39, 0.29) is 0 Å². The van der Waals surface area contributed by atoms with Gasteiger partial charge in [-0.3, -0.25) is 0 Å². The average Bonchev–Trinajstić information content (AvgIpc) is 2.73. The predicted octanol–water partition coefficient (Wildman–Crippen LogP) is 5.51. The summed E-state index contributed by atoms with van der Waals surface area (Å²) < 4.78 is 6.62. The van der Waals surface area contributed by atoms with E-state index in [0.717, 1.165) is 15.8 Å². The summed E-state index contributed by atoms with van der Waals surface area (Å²) in [6.07, 6.45) is 0. The molecule has 0 spiro atoms. The molecule has 1 heterocycles. The van der Waals surface area contributed by atoms with E-state index in [1.165, 1.54) is 0 Å². The van der Waals surface area contributed by atoms with Crippen LogP contribution in [0, 0.1) is 0 Å². The van der Waals surface area contributed by atoms with Crippen LogP contribution in [-0.2, 0) is 6.54 Å². The van der Waals surface area contributed by atoms with Gasteiger partial charge >= 0.3 is 0 Å². The summed E-state index contributed by atoms with van der Waals surface area (Å²) >= 11 is 15.8. The number of hydrogen-bond donors (Lipinski definition) is 1. The van der Waals surface area contributed by atoms with E-state index < -0.39 is 0 Å². The molecule has 0 radical (unpaired) electrons. The molecule has 2 aromatic rings. The van der Waals surface area contributed by atoms with E-state index in [9.17, 15) is 0 Å². The Morgan fingerprint density at radius 2 is 1.84 bits per heavy atom. The van der Waals surface area contributed by atoms with Crippen molar-refractivity contribution in [3.63, 3.8) is 0 Å². The van der Waals surface area contributed by atoms with Gasteiger partial charge in [-0.05, 0) is 24.3 Å². The van der Waals surface area contributed by atoms with Crippen LogP contribution < -0.4 is 5.32 Å². The van der Waals surface area contributed by atoms with Gasteiger partial charge in [-0.2, -0.15) is 0 Å². The van der Waals surface area contributed by atoms with Crippen molar-refractivity contribution in [1.82, 2.24) is 5.32 Å². The van der Waals surface area contributed by atoms with Crippen molar-refractivity contribution in [2.24, 2.45) is 0 Å². The topological polar surface area (TPSA) is 25.2 Å². The van der Waals surface area contributed by atoms with Crippen molar-refractivity contribution >= 4 is 39.1 Å². The Labute approximate surface area is 131 Å². The van der Waals surface area contributed by atoms with Crippen LogP contribution in [0.2, 0.25) is 10.0 Å². The van der Waals surface area contributed by atoms with Crippen molar-refractivity contribution in [3.05, 3.63) is 44.5 Å². The maximum absolute atomic E-state index is 6.22. The largest absolute Gasteiger partial charge is 0.460 e. The molecule has 0 fully saturated rings. The molecule has 5 heteroatoms. The Kier molecular flexibility index (Phi) is 4.96. The van der Waals surface area contributed by atoms with Crippen LogP contribution in [0.1, 0.15) is 19.6 Å². The molecule has 0 saturated heterocycles. The second kappa shape index (κ2) is 6.31. The van der Waals surface area contributed by atoms with Gasteiger partial charge in [-0.25, -0.2) is 0 Å². The van der Waals surface area contributed by atoms with Gasteiger partial charge in [-0.1, -0.05) is 53.0 Å². The molecule has 2 rings (SSSR count). The maximum Gasteiger partial charge on any atom is 0.137 e. The van der Waals surface area contributed by atoms with Crippen molar-refractivity contribution in [2.75, 3.05) is 0 Å². The van der Waals surface area contributed by atoms with Gasteiger partial charge in [-0.15, -0.1) is 0 Å². The van der Waals surface area contributed by atoms with Crippen LogP contribution in [0.4, 0.5) is 0 Å². The summed E-state index contributed by atoms with van der Waals surface area (Å²) in [5.41, 5.74) is 0.724. The van der Waals surface area contributed by atoms with E-state index in [1.807, 2.05) is 12.1 Å². The van der Waals surface area contributed by atoms with Crippen molar-refractivity contribution in [2.45, 2.75) is 26.4 Å². The van der Waals surface area contributed by atoms with Crippen LogP contribution in [0.5, 0.6) is 0 Å². The van der Waals surface area contributed by atoms with Crippen LogP contribution in [-0.4, -0.2) is 6.04 Å². The Morgan fingerprint density at radius 3 is 2.42 bits per heavy atom. The lowest BCUT2D eigenvalue weighted by Crippen LogP contribution is -2.21. The van der Waals surface area contributed by atoms with Gasteiger partial charge in [0.25, 0.3) is 0 Å². The first kappa shape index (κ1) is 14.9. The molecule has 0 aliphatic carbocycles. The summed E-state index contributed by atoms with van der Waals surface area (Å²) in [5.74, 6) is 1.54. The standard InChI is InChI=1S/C14H14BrCl2NO/c1-8(2)18-7-10-3-4-13(19-10)14-11(16)5-9(15)6-12(14)17/h3-6,8,18H,7H2,1-2H3. The zero-order valence-corrected chi connectivity index (χ0v) is 13.7. The summed E-state index contributed by atoms with van der Waals surface area (Å²) in [4.78, 5) is 0. The number of rotatable bonds is 4. The highest BCUT2D eigenvalue weighted by atomic mass is 79.9. The predicted molar refractivity (Wildman–Crippen MR) is 83.8 cm³/mol. The third-order valence-electron chi connectivity index (χ3n) is 2.60. The first-order valence-corrected chi connectivity index (χ1v) is 7.49. The van der Waals surface area contributed by atoms with E-state index in [1.54, 1.807) is 12.1 Å². The molecule has 1 N–H and O–H groups in total. The smallest absolute Gasteiger partial charge is 0.137 e. The molecule has 102 valence electrons. The Balaban J connectivity index is 2.28. The van der Waals surface area contributed by atoms with Gasteiger partial charge < -0.3 is 9.73 Å². The van der Waals surface area contributed by atoms with Crippen molar-refractivity contribution < 1.29 is 4.42 Å². The molecule has 0 unspecified atom stereocenters. The summed E-state index contributed by atoms with van der Waals surface area (Å²) in [7, 11) is 0. The summed E-state index contributed by atoms with van der Waals surface area (Å²) in [6, 6.07) is 7.83. The third kappa shape index (κ3) is 3.76. The van der Waals surface area contributed by atoms with E-state index in [2.05, 4.69) is 35.1 Å². The minimum atomic E-state index is 0.411. The minimum absolute atomic E-state index is 0.411. The quantitative estimate of drug-likeness (QED) is 0.775. The molecule has 0 aliphatic heterocycles. The van der Waals surface area contributed by atoms with Crippen LogP contribution in [0.15, 0.2) is 33.2 Å². The summed E-state index contributed by atoms with van der Waals surface area (Å²) in [5, 5.41) is 4.43. The maximum atomic E-state index is 6.22. The van der Waals surface area contributed by atoms with E-state index >= 15 is 0 Å². The average molecular weight is 363 g/mol. The lowest BCUT2D eigenvalue weighted by Gasteiger charge is -2.06. The molecule has 0 amide bonds. The number of halogens is 3. The molecule has 19 heavy (non-hydrogen) atoms. The lowest BCUT2D eigenvalue weighted by atomic mass is 10.2. The van der Waals surface area contributed by atoms with Gasteiger partial charge in [0.2, 0.25) is 0 Å². The third-order valence-corrected chi connectivity index (χ3v) is 3.65. The van der Waals surface area contributed by atoms with E-state index in [4.69, 9.17) is 27.6 Å². The first-order chi connectivity index (χ1) is 8.97. The van der Waals surface area contributed by atoms with Crippen molar-refractivity contribution in [1.29, 1.82) is 0 Å². The fourth-order valence-electron chi connectivity index (χ4n) is 1.69. The Hall–Kier alpha value is -0.480. The van der Waals surface area contributed by atoms with Gasteiger partial charge in [0.05, 0.1) is 22.2 Å². The van der Waals surface area contributed by atoms with Crippen LogP contribution >= 0.6 is 39.1 Å². The highest BCUT2D eigenvalue weighted by Crippen LogP contribution is 2.38. The molecule has 1 aromatic heterocycles. The molecular weight excluding hydrogens is 349 g/mol. The molecule has 1 aromatic carbocycles. The molecule has 0 saturated carbocycles. The molecule has 0 aliphatic rings. The molecular formula is C14H14BrCl2NO. The molecule has 0 bridgehead atoms. The lowest BCUT2D eigenvalue weighted by molar-refractivity contribution is 0.473. The Bertz CT molecular complexity index is 558. The van der Waals surface area contributed by atoms with Crippen LogP contribution in [0.25, 0.3) is 11.3 Å². The normalized spacial score (nSPS) is 11.3. The fourth-order valence-corrected chi connectivity index (χ4v) is 3.08. The zero-order chi connectivity index (χ0) is 14.0. The number of nitrogens with one attached hydrogen (secondary N) is 1. The number of benzene rings is 1.